The zero-order chi connectivity index (χ0) is 26.2. The molecule has 35 heavy (non-hydrogen) atoms. The number of nitrogens with one attached hydrogen (secondary N) is 1. The molecular weight excluding hydrogens is 495 g/mol. The summed E-state index contributed by atoms with van der Waals surface area (Å²) in [5.41, 5.74) is 4.65. The summed E-state index contributed by atoms with van der Waals surface area (Å²) in [5.74, 6) is 0.203. The highest BCUT2D eigenvalue weighted by atomic mass is 32.2. The number of rotatable bonds is 12. The Hall–Kier alpha value is -1.56. The number of hydrogen-bond acceptors (Lipinski definition) is 11. The second-order valence-electron chi connectivity index (χ2n) is 9.44. The van der Waals surface area contributed by atoms with Crippen molar-refractivity contribution in [1.82, 2.24) is 14.6 Å². The van der Waals surface area contributed by atoms with Crippen molar-refractivity contribution in [1.29, 1.82) is 0 Å². The van der Waals surface area contributed by atoms with Gasteiger partial charge in [0.25, 0.3) is 8.53 Å². The first-order valence-corrected chi connectivity index (χ1v) is 13.7. The second-order valence-corrected chi connectivity index (χ2v) is 11.8. The Kier molecular flexibility index (Phi) is 11.6. The number of aromatic nitrogens is 2. The van der Waals surface area contributed by atoms with E-state index < -0.39 is 37.9 Å². The summed E-state index contributed by atoms with van der Waals surface area (Å²) in [6.45, 7) is 11.3. The molecule has 0 bridgehead atoms. The third-order valence-electron chi connectivity index (χ3n) is 4.77. The molecule has 0 spiro atoms. The highest BCUT2D eigenvalue weighted by Crippen LogP contribution is 2.37. The van der Waals surface area contributed by atoms with Gasteiger partial charge in [0.1, 0.15) is 18.1 Å². The normalized spacial score (nSPS) is 20.1. The van der Waals surface area contributed by atoms with Gasteiger partial charge in [-0.1, -0.05) is 32.5 Å². The molecule has 1 aromatic rings. The van der Waals surface area contributed by atoms with Gasteiger partial charge in [-0.05, 0) is 39.7 Å². The van der Waals surface area contributed by atoms with Crippen LogP contribution in [0.3, 0.4) is 0 Å². The van der Waals surface area contributed by atoms with E-state index >= 15 is 0 Å². The van der Waals surface area contributed by atoms with Crippen molar-refractivity contribution in [2.24, 2.45) is 5.41 Å². The largest absolute Gasteiger partial charge is 0.462 e. The third-order valence-corrected chi connectivity index (χ3v) is 7.41. The summed E-state index contributed by atoms with van der Waals surface area (Å²) in [5, 5.41) is 3.11. The average Bonchev–Trinajstić information content (AvgIpc) is 3.21. The van der Waals surface area contributed by atoms with E-state index in [0.717, 1.165) is 0 Å². The highest BCUT2D eigenvalue weighted by Gasteiger charge is 2.30. The monoisotopic (exact) mass is 532 g/mol. The molecule has 2 rings (SSSR count). The Bertz CT molecular complexity index is 909. The van der Waals surface area contributed by atoms with E-state index in [9.17, 15) is 14.4 Å². The van der Waals surface area contributed by atoms with Crippen LogP contribution in [0.4, 0.5) is 5.82 Å². The molecule has 1 aliphatic rings. The molecule has 4 atom stereocenters. The first-order chi connectivity index (χ1) is 16.4. The van der Waals surface area contributed by atoms with Gasteiger partial charge in [-0.3, -0.25) is 14.2 Å². The van der Waals surface area contributed by atoms with Gasteiger partial charge in [-0.25, -0.2) is 9.88 Å². The molecule has 4 unspecified atom stereocenters. The third kappa shape index (κ3) is 10.1. The maximum atomic E-state index is 12.2. The van der Waals surface area contributed by atoms with Crippen LogP contribution in [0.15, 0.2) is 17.1 Å². The molecule has 1 fully saturated rings. The Morgan fingerprint density at radius 2 is 2.03 bits per heavy atom. The lowest BCUT2D eigenvalue weighted by molar-refractivity contribution is -0.149. The fourth-order valence-corrected chi connectivity index (χ4v) is 5.05. The fraction of sp³-hybridized carbons (Fsp3) is 0.727. The molecule has 0 radical (unpaired) electrons. The van der Waals surface area contributed by atoms with Crippen LogP contribution in [0.2, 0.25) is 0 Å². The van der Waals surface area contributed by atoms with Gasteiger partial charge in [0, 0.05) is 17.4 Å². The summed E-state index contributed by atoms with van der Waals surface area (Å²) >= 11 is 1.20. The zero-order valence-electron chi connectivity index (χ0n) is 21.2. The van der Waals surface area contributed by atoms with Gasteiger partial charge < -0.3 is 24.3 Å². The lowest BCUT2D eigenvalue weighted by Gasteiger charge is -2.24. The maximum Gasteiger partial charge on any atom is 0.351 e. The number of thioether (sulfide) groups is 1. The van der Waals surface area contributed by atoms with Crippen LogP contribution >= 0.6 is 20.3 Å². The van der Waals surface area contributed by atoms with Crippen molar-refractivity contribution in [3.63, 3.8) is 0 Å². The predicted molar refractivity (Wildman–Crippen MR) is 136 cm³/mol. The maximum absolute atomic E-state index is 12.2. The predicted octanol–water partition coefficient (Wildman–Crippen LogP) is 3.00. The summed E-state index contributed by atoms with van der Waals surface area (Å²) in [7, 11) is -1.66. The first kappa shape index (κ1) is 29.7. The van der Waals surface area contributed by atoms with Crippen molar-refractivity contribution in [3.05, 3.63) is 22.7 Å². The number of esters is 1. The summed E-state index contributed by atoms with van der Waals surface area (Å²) in [4.78, 5) is 40.2. The van der Waals surface area contributed by atoms with Gasteiger partial charge in [-0.2, -0.15) is 4.98 Å². The molecule has 0 saturated carbocycles. The molecule has 198 valence electrons. The molecule has 1 saturated heterocycles. The van der Waals surface area contributed by atoms with E-state index in [1.807, 2.05) is 20.8 Å². The number of nitrogens with zero attached hydrogens (tertiary/aromatic N) is 2. The zero-order valence-corrected chi connectivity index (χ0v) is 22.9. The van der Waals surface area contributed by atoms with Crippen LogP contribution in [0.5, 0.6) is 0 Å². The second kappa shape index (κ2) is 13.7. The SMILES string of the molecule is CC(C)OC(=O)C(C)NP(OCCSC(=O)C(C)(C)C)OCC1CCC(n2ccc(N)nc2=O)O1. The van der Waals surface area contributed by atoms with Crippen LogP contribution < -0.4 is 16.5 Å². The Morgan fingerprint density at radius 3 is 2.66 bits per heavy atom. The van der Waals surface area contributed by atoms with Crippen molar-refractivity contribution < 1.29 is 28.1 Å². The van der Waals surface area contributed by atoms with Crippen LogP contribution in [0.25, 0.3) is 0 Å². The minimum absolute atomic E-state index is 0.0750. The summed E-state index contributed by atoms with van der Waals surface area (Å²) in [6.07, 6.45) is 1.89. The minimum atomic E-state index is -1.66. The van der Waals surface area contributed by atoms with Crippen LogP contribution in [-0.2, 0) is 28.1 Å². The quantitative estimate of drug-likeness (QED) is 0.233. The van der Waals surface area contributed by atoms with E-state index in [2.05, 4.69) is 10.1 Å². The van der Waals surface area contributed by atoms with Crippen molar-refractivity contribution in [2.45, 2.75) is 78.9 Å². The number of carbonyl (C=O) groups excluding carboxylic acids is 2. The van der Waals surface area contributed by atoms with Crippen LogP contribution in [-0.4, -0.2) is 57.9 Å². The molecule has 11 nitrogen and oxygen atoms in total. The first-order valence-electron chi connectivity index (χ1n) is 11.6. The molecule has 0 aliphatic carbocycles. The topological polar surface area (TPSA) is 144 Å². The molecular formula is C22H37N4O7PS. The van der Waals surface area contributed by atoms with Crippen LogP contribution in [0, 0.1) is 5.41 Å². The fourth-order valence-electron chi connectivity index (χ4n) is 2.94. The molecule has 1 aromatic heterocycles. The number of ether oxygens (including phenoxy) is 2. The van der Waals surface area contributed by atoms with Crippen molar-refractivity contribution in [3.8, 4) is 0 Å². The Balaban J connectivity index is 1.91. The van der Waals surface area contributed by atoms with Gasteiger partial charge in [0.05, 0.1) is 25.4 Å². The summed E-state index contributed by atoms with van der Waals surface area (Å²) < 4.78 is 24.4. The van der Waals surface area contributed by atoms with Crippen LogP contribution in [0.1, 0.15) is 60.6 Å². The number of hydrogen-bond donors (Lipinski definition) is 2. The van der Waals surface area contributed by atoms with E-state index in [4.69, 9.17) is 24.3 Å². The minimum Gasteiger partial charge on any atom is -0.462 e. The molecule has 1 aliphatic heterocycles. The smallest absolute Gasteiger partial charge is 0.351 e. The van der Waals surface area contributed by atoms with E-state index in [1.54, 1.807) is 33.0 Å². The molecule has 3 N–H and O–H groups in total. The lowest BCUT2D eigenvalue weighted by Crippen LogP contribution is -2.35. The Morgan fingerprint density at radius 1 is 1.31 bits per heavy atom. The Labute approximate surface area is 211 Å². The number of anilines is 1. The molecule has 2 heterocycles. The number of nitrogens with two attached hydrogens (primary N) is 1. The standard InChI is InChI=1S/C22H37N4O7PS/c1-14(2)32-19(27)15(3)25-34(30-11-12-35-20(28)22(4,5)6)31-13-16-7-8-18(33-16)26-10-9-17(23)24-21(26)29/h9-10,14-16,18,25H,7-8,11-13H2,1-6H3,(H2,23,24,29). The molecule has 13 heteroatoms. The van der Waals surface area contributed by atoms with Gasteiger partial charge >= 0.3 is 11.7 Å². The summed E-state index contributed by atoms with van der Waals surface area (Å²) in [6, 6.07) is 0.898. The van der Waals surface area contributed by atoms with Gasteiger partial charge in [0.15, 0.2) is 5.12 Å². The van der Waals surface area contributed by atoms with E-state index in [0.29, 0.717) is 18.6 Å². The molecule has 0 amide bonds. The van der Waals surface area contributed by atoms with E-state index in [1.165, 1.54) is 16.3 Å². The van der Waals surface area contributed by atoms with Crippen molar-refractivity contribution in [2.75, 3.05) is 24.7 Å². The molecule has 0 aromatic carbocycles. The average molecular weight is 533 g/mol. The lowest BCUT2D eigenvalue weighted by atomic mass is 10.00. The highest BCUT2D eigenvalue weighted by molar-refractivity contribution is 8.13. The van der Waals surface area contributed by atoms with Gasteiger partial charge in [0.2, 0.25) is 0 Å². The van der Waals surface area contributed by atoms with E-state index in [-0.39, 0.29) is 36.4 Å². The number of carbonyl (C=O) groups is 2. The van der Waals surface area contributed by atoms with Crippen molar-refractivity contribution >= 4 is 37.2 Å². The number of nitrogen functional groups attached to an aromatic ring is 1. The van der Waals surface area contributed by atoms with Gasteiger partial charge in [-0.15, -0.1) is 0 Å².